The van der Waals surface area contributed by atoms with Gasteiger partial charge in [0.05, 0.1) is 64.7 Å². The summed E-state index contributed by atoms with van der Waals surface area (Å²) in [5.74, 6) is -0.273. The molecular weight excluding hydrogens is 2040 g/mol. The molecule has 0 saturated carbocycles. The lowest BCUT2D eigenvalue weighted by molar-refractivity contribution is 0.0986. The number of nitrogens with zero attached hydrogens (tertiary/aromatic N) is 4. The molecule has 0 atom stereocenters. The van der Waals surface area contributed by atoms with Crippen LogP contribution < -0.4 is 0 Å². The summed E-state index contributed by atoms with van der Waals surface area (Å²) in [6.07, 6.45) is 0. The maximum absolute atomic E-state index is 14.5. The van der Waals surface area contributed by atoms with Crippen LogP contribution in [-0.2, 0) is 10.8 Å². The molecule has 0 fully saturated rings. The molecule has 0 bridgehead atoms. The molecule has 2 spiro atoms. The van der Waals surface area contributed by atoms with Gasteiger partial charge in [0.25, 0.3) is 0 Å². The molecule has 0 aliphatic heterocycles. The first kappa shape index (κ1) is 84.4. The standard InChI is InChI=1S/C70H38N2O2S2.C46H22N2O4S2.C12H9Br.CH4.HI/c1-9-25-51-39(17-1)40-18-2-10-26-52(40)69(51)55-37-61(71-57-29-13-5-21-43(57)47-33-35-49-45-23-7-15-31-59(45)73-65(49)63(47)71)76-68(55)70(53-27-11-3-19-41(53)42-20-4-12-28-54(42)70)56-38-62(75-67(56)69)72-58-30-14-6-22-44(58)48-34-36-50-46-24-8-16-32-60(46)74-66(50)64(48)72;49-41-31-21-37(47-33-13-5-1-9-23(33)27-17-19-29-25-11-3-7-15-35(25)51-43(29)39(27)47)53-45(31)42(50)32-22-38(54-46(32)41)48-34-14-6-2-10-24(34)28-18-20-30-26-12-4-8-16-36(26)52-44(30)40(28)48;13-12-9-5-4-8-11(12)10-6-2-1-3-7-10;;/h1-38H;1-22H;1-9H;1H4;1H. The van der Waals surface area contributed by atoms with Gasteiger partial charge < -0.3 is 17.7 Å². The summed E-state index contributed by atoms with van der Waals surface area (Å²) in [4.78, 5) is 32.7. The molecular formula is C129H74BrIN4O6S4. The number of aromatic nitrogens is 4. The van der Waals surface area contributed by atoms with Crippen molar-refractivity contribution in [3.63, 3.8) is 0 Å². The normalized spacial score (nSPS) is 13.4. The van der Waals surface area contributed by atoms with E-state index in [2.05, 4.69) is 362 Å². The highest BCUT2D eigenvalue weighted by Crippen LogP contribution is 2.71. The van der Waals surface area contributed by atoms with Gasteiger partial charge in [-0.3, -0.25) is 27.9 Å². The highest BCUT2D eigenvalue weighted by molar-refractivity contribution is 14.0. The molecule has 4 aliphatic carbocycles. The molecule has 0 amide bonds. The summed E-state index contributed by atoms with van der Waals surface area (Å²) in [7, 11) is 0. The molecule has 34 rings (SSSR count). The summed E-state index contributed by atoms with van der Waals surface area (Å²) in [6.45, 7) is 0. The second-order valence-electron chi connectivity index (χ2n) is 37.7. The first-order chi connectivity index (χ1) is 70.7. The number of thiophene rings is 4. The monoisotopic (exact) mass is 2110 g/mol. The molecule has 12 heterocycles. The highest BCUT2D eigenvalue weighted by atomic mass is 127. The van der Waals surface area contributed by atoms with Gasteiger partial charge >= 0.3 is 0 Å². The summed E-state index contributed by atoms with van der Waals surface area (Å²) >= 11 is 10.2. The third kappa shape index (κ3) is 11.3. The van der Waals surface area contributed by atoms with Crippen molar-refractivity contribution in [3.05, 3.63) is 487 Å². The quantitative estimate of drug-likeness (QED) is 0.159. The first-order valence-corrected chi connectivity index (χ1v) is 52.0. The Morgan fingerprint density at radius 2 is 0.469 bits per heavy atom. The zero-order valence-corrected chi connectivity index (χ0v) is 83.2. The van der Waals surface area contributed by atoms with E-state index < -0.39 is 10.8 Å². The van der Waals surface area contributed by atoms with Gasteiger partial charge in [0.1, 0.15) is 42.3 Å². The van der Waals surface area contributed by atoms with Crippen molar-refractivity contribution >= 4 is 272 Å². The van der Waals surface area contributed by atoms with Gasteiger partial charge in [-0.25, -0.2) is 0 Å². The molecule has 4 aliphatic rings. The molecule has 684 valence electrons. The number of rotatable bonds is 5. The molecule has 18 aromatic carbocycles. The average molecular weight is 2110 g/mol. The Morgan fingerprint density at radius 1 is 0.221 bits per heavy atom. The molecule has 0 saturated heterocycles. The van der Waals surface area contributed by atoms with Gasteiger partial charge in [-0.05, 0) is 170 Å². The molecule has 16 heteroatoms. The molecule has 0 unspecified atom stereocenters. The molecule has 10 nitrogen and oxygen atoms in total. The van der Waals surface area contributed by atoms with Crippen LogP contribution in [0.15, 0.2) is 441 Å². The van der Waals surface area contributed by atoms with E-state index >= 15 is 0 Å². The van der Waals surface area contributed by atoms with Crippen LogP contribution in [0, 0.1) is 0 Å². The number of halogens is 2. The minimum atomic E-state index is -0.686. The van der Waals surface area contributed by atoms with Crippen LogP contribution in [0.25, 0.3) is 228 Å². The van der Waals surface area contributed by atoms with Gasteiger partial charge in [-0.2, -0.15) is 0 Å². The summed E-state index contributed by atoms with van der Waals surface area (Å²) in [6, 6.07) is 150. The van der Waals surface area contributed by atoms with Crippen LogP contribution in [0.4, 0.5) is 0 Å². The van der Waals surface area contributed by atoms with Crippen molar-refractivity contribution in [2.75, 3.05) is 0 Å². The minimum absolute atomic E-state index is 0. The predicted molar refractivity (Wildman–Crippen MR) is 614 cm³/mol. The third-order valence-electron chi connectivity index (χ3n) is 30.7. The molecule has 145 heavy (non-hydrogen) atoms. The molecule has 30 aromatic rings. The number of hydrogen-bond donors (Lipinski definition) is 0. The van der Waals surface area contributed by atoms with E-state index in [0.717, 1.165) is 178 Å². The Labute approximate surface area is 868 Å². The van der Waals surface area contributed by atoms with E-state index in [1.165, 1.54) is 121 Å². The van der Waals surface area contributed by atoms with E-state index in [0.29, 0.717) is 20.9 Å². The third-order valence-corrected chi connectivity index (χ3v) is 36.1. The molecule has 0 N–H and O–H groups in total. The Morgan fingerprint density at radius 3 is 0.779 bits per heavy atom. The first-order valence-electron chi connectivity index (χ1n) is 47.9. The Hall–Kier alpha value is -16.3. The fraction of sp³-hybridized carbons (Fsp3) is 0.0233. The van der Waals surface area contributed by atoms with Gasteiger partial charge in [0, 0.05) is 112 Å². The number of hydrogen-bond acceptors (Lipinski definition) is 10. The Bertz CT molecular complexity index is 10200. The highest BCUT2D eigenvalue weighted by Gasteiger charge is 2.62. The van der Waals surface area contributed by atoms with Crippen LogP contribution >= 0.6 is 85.3 Å². The zero-order chi connectivity index (χ0) is 93.7. The number of furan rings is 4. The van der Waals surface area contributed by atoms with Gasteiger partial charge in [0.15, 0.2) is 22.3 Å². The van der Waals surface area contributed by atoms with Crippen LogP contribution in [0.5, 0.6) is 0 Å². The number of carbonyl (C=O) groups excluding carboxylic acids is 2. The van der Waals surface area contributed by atoms with Gasteiger partial charge in [0.2, 0.25) is 11.6 Å². The van der Waals surface area contributed by atoms with E-state index in [1.807, 2.05) is 114 Å². The van der Waals surface area contributed by atoms with E-state index in [4.69, 9.17) is 17.7 Å². The summed E-state index contributed by atoms with van der Waals surface area (Å²) in [5.41, 5.74) is 30.1. The number of benzene rings is 18. The lowest BCUT2D eigenvalue weighted by Gasteiger charge is -2.45. The van der Waals surface area contributed by atoms with Crippen molar-refractivity contribution < 1.29 is 27.3 Å². The van der Waals surface area contributed by atoms with Crippen LogP contribution in [0.1, 0.15) is 81.0 Å². The second kappa shape index (κ2) is 31.4. The van der Waals surface area contributed by atoms with Gasteiger partial charge in [-0.15, -0.1) is 69.3 Å². The average Bonchev–Trinajstić information content (AvgIpc) is 1.47. The fourth-order valence-corrected chi connectivity index (χ4v) is 30.6. The Balaban J connectivity index is 0.000000123. The number of fused-ring (bicyclic) bond motifs is 46. The minimum Gasteiger partial charge on any atom is -0.454 e. The van der Waals surface area contributed by atoms with Crippen molar-refractivity contribution in [2.24, 2.45) is 0 Å². The maximum atomic E-state index is 14.5. The lowest BCUT2D eigenvalue weighted by Crippen LogP contribution is -2.41. The van der Waals surface area contributed by atoms with E-state index in [-0.39, 0.29) is 43.0 Å². The topological polar surface area (TPSA) is 106 Å². The lowest BCUT2D eigenvalue weighted by atomic mass is 9.58. The molecule has 0 radical (unpaired) electrons. The van der Waals surface area contributed by atoms with Crippen molar-refractivity contribution in [3.8, 4) is 53.4 Å². The number of carbonyl (C=O) groups is 2. The number of ketones is 2. The number of para-hydroxylation sites is 8. The van der Waals surface area contributed by atoms with Gasteiger partial charge in [-0.1, -0.05) is 339 Å². The van der Waals surface area contributed by atoms with Crippen LogP contribution in [0.3, 0.4) is 0 Å². The van der Waals surface area contributed by atoms with Crippen molar-refractivity contribution in [1.29, 1.82) is 0 Å². The zero-order valence-electron chi connectivity index (χ0n) is 76.0. The predicted octanol–water partition coefficient (Wildman–Crippen LogP) is 36.8. The summed E-state index contributed by atoms with van der Waals surface area (Å²) in [5, 5.41) is 21.6. The maximum Gasteiger partial charge on any atom is 0.205 e. The van der Waals surface area contributed by atoms with E-state index in [1.54, 1.807) is 0 Å². The smallest absolute Gasteiger partial charge is 0.205 e. The van der Waals surface area contributed by atoms with E-state index in [9.17, 15) is 9.59 Å². The fourth-order valence-electron chi connectivity index (χ4n) is 24.9. The SMILES string of the molecule is Brc1ccccc1-c1ccccc1.C.I.O=C1c2cc(-n3c4ccccc4c4ccc5c6ccccc6oc5c43)sc2C(=O)c2cc(-n3c4ccccc4c4ccc5c6ccccc6oc5c43)sc21.c1ccc2c(c1)-c1ccccc1C21c2cc(-n3c4ccccc4c4ccc5c6ccccc6oc5c43)sc2C2(c3ccccc3-c3ccccc32)c2cc(-n3c4ccccc4c4ccc5c6ccccc6oc5c43)sc21. The van der Waals surface area contributed by atoms with Crippen molar-refractivity contribution in [2.45, 2.75) is 18.3 Å². The van der Waals surface area contributed by atoms with Crippen LogP contribution in [0.2, 0.25) is 0 Å². The van der Waals surface area contributed by atoms with Crippen molar-refractivity contribution in [1.82, 2.24) is 18.3 Å². The second-order valence-corrected chi connectivity index (χ2v) is 42.6. The Kier molecular flexibility index (Phi) is 18.3. The molecule has 12 aromatic heterocycles. The largest absolute Gasteiger partial charge is 0.454 e. The van der Waals surface area contributed by atoms with Crippen LogP contribution in [-0.4, -0.2) is 29.8 Å². The summed E-state index contributed by atoms with van der Waals surface area (Å²) < 4.78 is 37.6.